The van der Waals surface area contributed by atoms with Crippen molar-refractivity contribution in [2.45, 2.75) is 44.0 Å². The van der Waals surface area contributed by atoms with Crippen LogP contribution in [0.1, 0.15) is 36.8 Å². The molecule has 0 aliphatic heterocycles. The number of nitrogens with zero attached hydrogens (tertiary/aromatic N) is 1. The van der Waals surface area contributed by atoms with Crippen LogP contribution >= 0.6 is 0 Å². The molecule has 1 aliphatic rings. The van der Waals surface area contributed by atoms with Gasteiger partial charge in [0.2, 0.25) is 10.0 Å². The van der Waals surface area contributed by atoms with Crippen molar-refractivity contribution in [3.63, 3.8) is 0 Å². The lowest BCUT2D eigenvalue weighted by Gasteiger charge is -2.21. The van der Waals surface area contributed by atoms with Crippen LogP contribution in [0.2, 0.25) is 0 Å². The van der Waals surface area contributed by atoms with Crippen LogP contribution in [0.5, 0.6) is 0 Å². The second-order valence-corrected chi connectivity index (χ2v) is 7.55. The molecule has 4 nitrogen and oxygen atoms in total. The van der Waals surface area contributed by atoms with Crippen molar-refractivity contribution in [3.05, 3.63) is 35.4 Å². The standard InChI is InChI=1S/C14H22N2O2S/c1-16(19(17,18)14-7-2-3-8-14)11-13-6-4-5-12(9-13)10-15/h4-6,9,14H,2-3,7-8,10-11,15H2,1H3. The lowest BCUT2D eigenvalue weighted by Crippen LogP contribution is -2.34. The molecule has 2 rings (SSSR count). The van der Waals surface area contributed by atoms with Crippen LogP contribution in [0.4, 0.5) is 0 Å². The molecule has 0 heterocycles. The fourth-order valence-corrected chi connectivity index (χ4v) is 4.41. The Bertz CT molecular complexity index is 522. The Morgan fingerprint density at radius 3 is 2.53 bits per heavy atom. The first kappa shape index (κ1) is 14.5. The molecule has 106 valence electrons. The van der Waals surface area contributed by atoms with E-state index < -0.39 is 10.0 Å². The van der Waals surface area contributed by atoms with Crippen LogP contribution in [0, 0.1) is 0 Å². The Hall–Kier alpha value is -0.910. The van der Waals surface area contributed by atoms with E-state index in [4.69, 9.17) is 5.73 Å². The largest absolute Gasteiger partial charge is 0.326 e. The van der Waals surface area contributed by atoms with Gasteiger partial charge in [0.05, 0.1) is 5.25 Å². The summed E-state index contributed by atoms with van der Waals surface area (Å²) in [4.78, 5) is 0. The summed E-state index contributed by atoms with van der Waals surface area (Å²) < 4.78 is 26.3. The molecular weight excluding hydrogens is 260 g/mol. The van der Waals surface area contributed by atoms with E-state index in [-0.39, 0.29) is 5.25 Å². The highest BCUT2D eigenvalue weighted by atomic mass is 32.2. The van der Waals surface area contributed by atoms with Gasteiger partial charge in [-0.25, -0.2) is 12.7 Å². The molecule has 0 atom stereocenters. The topological polar surface area (TPSA) is 63.4 Å². The smallest absolute Gasteiger partial charge is 0.217 e. The third kappa shape index (κ3) is 3.35. The predicted octanol–water partition coefficient (Wildman–Crippen LogP) is 1.85. The van der Waals surface area contributed by atoms with E-state index in [1.54, 1.807) is 7.05 Å². The summed E-state index contributed by atoms with van der Waals surface area (Å²) in [6.45, 7) is 0.902. The summed E-state index contributed by atoms with van der Waals surface area (Å²) >= 11 is 0. The zero-order chi connectivity index (χ0) is 13.9. The van der Waals surface area contributed by atoms with Crippen molar-refractivity contribution in [3.8, 4) is 0 Å². The van der Waals surface area contributed by atoms with Crippen LogP contribution in [0.3, 0.4) is 0 Å². The Labute approximate surface area is 115 Å². The molecule has 0 amide bonds. The van der Waals surface area contributed by atoms with Crippen molar-refractivity contribution in [2.24, 2.45) is 5.73 Å². The minimum atomic E-state index is -3.15. The van der Waals surface area contributed by atoms with E-state index in [0.717, 1.165) is 36.8 Å². The molecule has 0 unspecified atom stereocenters. The average molecular weight is 282 g/mol. The zero-order valence-electron chi connectivity index (χ0n) is 11.4. The van der Waals surface area contributed by atoms with Gasteiger partial charge < -0.3 is 5.73 Å². The molecule has 0 bridgehead atoms. The van der Waals surface area contributed by atoms with Gasteiger partial charge in [-0.05, 0) is 24.0 Å². The Kier molecular flexibility index (Phi) is 4.60. The molecule has 0 saturated heterocycles. The lowest BCUT2D eigenvalue weighted by atomic mass is 10.1. The maximum atomic E-state index is 12.4. The minimum Gasteiger partial charge on any atom is -0.326 e. The molecule has 0 spiro atoms. The van der Waals surface area contributed by atoms with Crippen LogP contribution in [-0.4, -0.2) is 25.0 Å². The van der Waals surface area contributed by atoms with Crippen LogP contribution in [-0.2, 0) is 23.1 Å². The monoisotopic (exact) mass is 282 g/mol. The van der Waals surface area contributed by atoms with E-state index in [1.165, 1.54) is 4.31 Å². The number of hydrogen-bond donors (Lipinski definition) is 1. The Balaban J connectivity index is 2.09. The van der Waals surface area contributed by atoms with Gasteiger partial charge in [-0.1, -0.05) is 37.1 Å². The summed E-state index contributed by atoms with van der Waals surface area (Å²) in [5, 5.41) is -0.185. The van der Waals surface area contributed by atoms with Crippen molar-refractivity contribution in [2.75, 3.05) is 7.05 Å². The first-order valence-electron chi connectivity index (χ1n) is 6.77. The number of rotatable bonds is 5. The summed E-state index contributed by atoms with van der Waals surface area (Å²) in [6.07, 6.45) is 3.66. The lowest BCUT2D eigenvalue weighted by molar-refractivity contribution is 0.454. The highest BCUT2D eigenvalue weighted by Gasteiger charge is 2.31. The normalized spacial score (nSPS) is 17.2. The van der Waals surface area contributed by atoms with E-state index in [2.05, 4.69) is 0 Å². The molecule has 19 heavy (non-hydrogen) atoms. The highest BCUT2D eigenvalue weighted by Crippen LogP contribution is 2.27. The van der Waals surface area contributed by atoms with E-state index in [1.807, 2.05) is 24.3 Å². The average Bonchev–Trinajstić information content (AvgIpc) is 2.93. The first-order valence-corrected chi connectivity index (χ1v) is 8.27. The first-order chi connectivity index (χ1) is 9.04. The fourth-order valence-electron chi connectivity index (χ4n) is 2.64. The molecule has 0 aromatic heterocycles. The van der Waals surface area contributed by atoms with E-state index in [9.17, 15) is 8.42 Å². The van der Waals surface area contributed by atoms with Crippen LogP contribution in [0.15, 0.2) is 24.3 Å². The maximum absolute atomic E-state index is 12.4. The molecule has 0 radical (unpaired) electrons. The predicted molar refractivity (Wildman–Crippen MR) is 77.0 cm³/mol. The molecule has 1 fully saturated rings. The molecule has 1 aliphatic carbocycles. The number of hydrogen-bond acceptors (Lipinski definition) is 3. The van der Waals surface area contributed by atoms with Crippen LogP contribution in [0.25, 0.3) is 0 Å². The molecule has 1 aromatic carbocycles. The number of benzene rings is 1. The maximum Gasteiger partial charge on any atom is 0.217 e. The summed E-state index contributed by atoms with van der Waals surface area (Å²) in [5.41, 5.74) is 7.63. The summed E-state index contributed by atoms with van der Waals surface area (Å²) in [7, 11) is -1.48. The molecule has 1 aromatic rings. The minimum absolute atomic E-state index is 0.185. The number of sulfonamides is 1. The zero-order valence-corrected chi connectivity index (χ0v) is 12.2. The van der Waals surface area contributed by atoms with Gasteiger partial charge in [-0.3, -0.25) is 0 Å². The Morgan fingerprint density at radius 2 is 1.89 bits per heavy atom. The van der Waals surface area contributed by atoms with Crippen LogP contribution < -0.4 is 5.73 Å². The third-order valence-corrected chi connectivity index (χ3v) is 6.10. The van der Waals surface area contributed by atoms with Gasteiger partial charge in [-0.2, -0.15) is 0 Å². The van der Waals surface area contributed by atoms with Gasteiger partial charge >= 0.3 is 0 Å². The van der Waals surface area contributed by atoms with Gasteiger partial charge in [0, 0.05) is 20.1 Å². The summed E-state index contributed by atoms with van der Waals surface area (Å²) in [6, 6.07) is 7.79. The van der Waals surface area contributed by atoms with Gasteiger partial charge in [0.15, 0.2) is 0 Å². The molecular formula is C14H22N2O2S. The fraction of sp³-hybridized carbons (Fsp3) is 0.571. The quantitative estimate of drug-likeness (QED) is 0.896. The van der Waals surface area contributed by atoms with Gasteiger partial charge in [0.1, 0.15) is 0 Å². The van der Waals surface area contributed by atoms with Crippen molar-refractivity contribution < 1.29 is 8.42 Å². The summed E-state index contributed by atoms with van der Waals surface area (Å²) in [5.74, 6) is 0. The number of nitrogens with two attached hydrogens (primary N) is 1. The highest BCUT2D eigenvalue weighted by molar-refractivity contribution is 7.89. The molecule has 5 heteroatoms. The van der Waals surface area contributed by atoms with Crippen molar-refractivity contribution in [1.82, 2.24) is 4.31 Å². The van der Waals surface area contributed by atoms with E-state index in [0.29, 0.717) is 13.1 Å². The Morgan fingerprint density at radius 1 is 1.26 bits per heavy atom. The molecule has 1 saturated carbocycles. The second kappa shape index (κ2) is 6.03. The van der Waals surface area contributed by atoms with Gasteiger partial charge in [-0.15, -0.1) is 0 Å². The van der Waals surface area contributed by atoms with Crippen molar-refractivity contribution >= 4 is 10.0 Å². The van der Waals surface area contributed by atoms with Crippen molar-refractivity contribution in [1.29, 1.82) is 0 Å². The van der Waals surface area contributed by atoms with E-state index >= 15 is 0 Å². The third-order valence-electron chi connectivity index (χ3n) is 3.79. The SMILES string of the molecule is CN(Cc1cccc(CN)c1)S(=O)(=O)C1CCCC1. The molecule has 2 N–H and O–H groups in total. The van der Waals surface area contributed by atoms with Gasteiger partial charge in [0.25, 0.3) is 0 Å². The second-order valence-electron chi connectivity index (χ2n) is 5.23.